The van der Waals surface area contributed by atoms with Crippen molar-refractivity contribution >= 4 is 11.6 Å². The van der Waals surface area contributed by atoms with E-state index in [0.29, 0.717) is 22.8 Å². The number of halogens is 1. The summed E-state index contributed by atoms with van der Waals surface area (Å²) in [5.74, 6) is -0.114. The van der Waals surface area contributed by atoms with Gasteiger partial charge in [0.1, 0.15) is 5.82 Å². The largest absolute Gasteiger partial charge is 0.421 e. The summed E-state index contributed by atoms with van der Waals surface area (Å²) in [6.45, 7) is 1.85. The first-order valence-corrected chi connectivity index (χ1v) is 9.07. The highest BCUT2D eigenvalue weighted by atomic mass is 35.5. The number of aryl methyl sites for hydroxylation is 1. The lowest BCUT2D eigenvalue weighted by molar-refractivity contribution is 0.376. The summed E-state index contributed by atoms with van der Waals surface area (Å²) < 4.78 is 8.06. The van der Waals surface area contributed by atoms with Crippen LogP contribution in [0.4, 0.5) is 0 Å². The average molecular weight is 401 g/mol. The smallest absolute Gasteiger partial charge is 0.333 e. The number of fused-ring (bicyclic) bond motifs is 2. The molecule has 144 valence electrons. The molecule has 2 aromatic heterocycles. The molecule has 3 heterocycles. The van der Waals surface area contributed by atoms with Crippen LogP contribution >= 0.6 is 11.6 Å². The molecule has 3 aromatic rings. The molecule has 0 amide bonds. The van der Waals surface area contributed by atoms with Gasteiger partial charge >= 0.3 is 5.69 Å². The van der Waals surface area contributed by atoms with Crippen molar-refractivity contribution < 1.29 is 4.74 Å². The molecule has 1 aromatic carbocycles. The van der Waals surface area contributed by atoms with Crippen LogP contribution in [0.5, 0.6) is 11.8 Å². The molecule has 1 N–H and O–H groups in total. The number of nitrogens with zero attached hydrogens (tertiary/aromatic N) is 3. The number of aromatic amines is 1. The van der Waals surface area contributed by atoms with E-state index in [-0.39, 0.29) is 28.4 Å². The highest BCUT2D eigenvalue weighted by Gasteiger charge is 2.37. The van der Waals surface area contributed by atoms with Gasteiger partial charge < -0.3 is 9.72 Å². The summed E-state index contributed by atoms with van der Waals surface area (Å²) >= 11 is 6.01. The quantitative estimate of drug-likeness (QED) is 0.551. The SMILES string of the molecule is CCc1nc2c(c(=O)[nH]1)C(c1ccc(Cl)cc1)c1c(n(C)c(=O)n(C)c1=O)O2. The van der Waals surface area contributed by atoms with Gasteiger partial charge in [-0.25, -0.2) is 4.79 Å². The van der Waals surface area contributed by atoms with Crippen LogP contribution in [0.15, 0.2) is 38.6 Å². The Morgan fingerprint density at radius 1 is 1.11 bits per heavy atom. The molecule has 8 nitrogen and oxygen atoms in total. The summed E-state index contributed by atoms with van der Waals surface area (Å²) in [5, 5.41) is 0.526. The van der Waals surface area contributed by atoms with Gasteiger partial charge in [0.15, 0.2) is 0 Å². The van der Waals surface area contributed by atoms with Gasteiger partial charge in [0.05, 0.1) is 17.0 Å². The van der Waals surface area contributed by atoms with E-state index in [9.17, 15) is 14.4 Å². The second-order valence-electron chi connectivity index (χ2n) is 6.60. The summed E-state index contributed by atoms with van der Waals surface area (Å²) in [7, 11) is 2.90. The molecular weight excluding hydrogens is 384 g/mol. The lowest BCUT2D eigenvalue weighted by atomic mass is 9.85. The molecule has 0 radical (unpaired) electrons. The normalized spacial score (nSPS) is 14.9. The topological polar surface area (TPSA) is 99.0 Å². The van der Waals surface area contributed by atoms with E-state index in [1.807, 2.05) is 6.92 Å². The minimum atomic E-state index is -0.747. The minimum absolute atomic E-state index is 0.0840. The Morgan fingerprint density at radius 2 is 1.79 bits per heavy atom. The van der Waals surface area contributed by atoms with Crippen LogP contribution in [0, 0.1) is 0 Å². The fourth-order valence-corrected chi connectivity index (χ4v) is 3.58. The van der Waals surface area contributed by atoms with Crippen molar-refractivity contribution in [2.45, 2.75) is 19.3 Å². The zero-order valence-corrected chi connectivity index (χ0v) is 16.2. The Balaban J connectivity index is 2.13. The molecule has 0 saturated heterocycles. The van der Waals surface area contributed by atoms with Crippen LogP contribution in [0.25, 0.3) is 0 Å². The molecule has 28 heavy (non-hydrogen) atoms. The van der Waals surface area contributed by atoms with Crippen LogP contribution < -0.4 is 21.5 Å². The van der Waals surface area contributed by atoms with Gasteiger partial charge in [0.2, 0.25) is 11.8 Å². The van der Waals surface area contributed by atoms with Crippen molar-refractivity contribution in [1.82, 2.24) is 19.1 Å². The lowest BCUT2D eigenvalue weighted by Crippen LogP contribution is -2.42. The highest BCUT2D eigenvalue weighted by Crippen LogP contribution is 2.42. The van der Waals surface area contributed by atoms with Crippen molar-refractivity contribution in [3.8, 4) is 11.8 Å². The van der Waals surface area contributed by atoms with Gasteiger partial charge in [-0.3, -0.25) is 18.7 Å². The molecule has 0 saturated carbocycles. The third kappa shape index (κ3) is 2.60. The number of nitrogens with one attached hydrogen (secondary N) is 1. The second-order valence-corrected chi connectivity index (χ2v) is 7.03. The molecular formula is C19H17ClN4O4. The van der Waals surface area contributed by atoms with E-state index >= 15 is 0 Å². The average Bonchev–Trinajstić information content (AvgIpc) is 2.69. The minimum Gasteiger partial charge on any atom is -0.421 e. The third-order valence-corrected chi connectivity index (χ3v) is 5.17. The van der Waals surface area contributed by atoms with E-state index in [2.05, 4.69) is 9.97 Å². The molecule has 1 aliphatic heterocycles. The van der Waals surface area contributed by atoms with E-state index < -0.39 is 17.2 Å². The Bertz CT molecular complexity index is 1270. The first-order chi connectivity index (χ1) is 13.3. The summed E-state index contributed by atoms with van der Waals surface area (Å²) in [5.41, 5.74) is -0.338. The number of rotatable bonds is 2. The fourth-order valence-electron chi connectivity index (χ4n) is 3.45. The van der Waals surface area contributed by atoms with E-state index in [1.165, 1.54) is 18.7 Å². The predicted octanol–water partition coefficient (Wildman–Crippen LogP) is 1.67. The van der Waals surface area contributed by atoms with Gasteiger partial charge in [0.25, 0.3) is 11.1 Å². The van der Waals surface area contributed by atoms with Crippen molar-refractivity contribution in [3.63, 3.8) is 0 Å². The van der Waals surface area contributed by atoms with Crippen LogP contribution in [0.3, 0.4) is 0 Å². The molecule has 1 aliphatic rings. The molecule has 0 spiro atoms. The molecule has 1 unspecified atom stereocenters. The van der Waals surface area contributed by atoms with Crippen molar-refractivity contribution in [2.24, 2.45) is 14.1 Å². The first-order valence-electron chi connectivity index (χ1n) is 8.69. The first kappa shape index (κ1) is 18.2. The number of hydrogen-bond acceptors (Lipinski definition) is 5. The maximum absolute atomic E-state index is 13.0. The Kier molecular flexibility index (Phi) is 4.23. The predicted molar refractivity (Wildman–Crippen MR) is 104 cm³/mol. The zero-order valence-electron chi connectivity index (χ0n) is 15.4. The van der Waals surface area contributed by atoms with E-state index in [4.69, 9.17) is 16.3 Å². The molecule has 0 bridgehead atoms. The van der Waals surface area contributed by atoms with Gasteiger partial charge in [0, 0.05) is 25.5 Å². The molecule has 9 heteroatoms. The number of hydrogen-bond donors (Lipinski definition) is 1. The van der Waals surface area contributed by atoms with Gasteiger partial charge in [-0.15, -0.1) is 0 Å². The summed E-state index contributed by atoms with van der Waals surface area (Å²) in [4.78, 5) is 45.4. The van der Waals surface area contributed by atoms with Gasteiger partial charge in [-0.2, -0.15) is 4.98 Å². The molecule has 0 fully saturated rings. The number of H-pyrrole nitrogens is 1. The zero-order chi connectivity index (χ0) is 20.2. The van der Waals surface area contributed by atoms with Crippen LogP contribution in [0.1, 0.15) is 35.4 Å². The molecule has 0 aliphatic carbocycles. The number of aromatic nitrogens is 4. The Hall–Kier alpha value is -3.13. The van der Waals surface area contributed by atoms with Crippen LogP contribution in [0.2, 0.25) is 5.02 Å². The van der Waals surface area contributed by atoms with Crippen LogP contribution in [-0.4, -0.2) is 19.1 Å². The van der Waals surface area contributed by atoms with Gasteiger partial charge in [-0.05, 0) is 17.7 Å². The van der Waals surface area contributed by atoms with Crippen LogP contribution in [-0.2, 0) is 20.5 Å². The number of ether oxygens (including phenoxy) is 1. The monoisotopic (exact) mass is 400 g/mol. The summed E-state index contributed by atoms with van der Waals surface area (Å²) in [6, 6.07) is 6.84. The lowest BCUT2D eigenvalue weighted by Gasteiger charge is -2.28. The molecule has 4 rings (SSSR count). The van der Waals surface area contributed by atoms with Crippen molar-refractivity contribution in [3.05, 3.63) is 83.0 Å². The Morgan fingerprint density at radius 3 is 2.43 bits per heavy atom. The van der Waals surface area contributed by atoms with E-state index in [1.54, 1.807) is 24.3 Å². The Labute approximate surface area is 164 Å². The maximum Gasteiger partial charge on any atom is 0.333 e. The van der Waals surface area contributed by atoms with Gasteiger partial charge in [-0.1, -0.05) is 30.7 Å². The third-order valence-electron chi connectivity index (χ3n) is 4.92. The van der Waals surface area contributed by atoms with E-state index in [0.717, 1.165) is 4.57 Å². The standard InChI is InChI=1S/C19H17ClN4O4/c1-4-11-21-15(25)13-12(9-5-7-10(20)8-6-9)14-17(26)23(2)19(27)24(3)18(14)28-16(13)22-11/h5-8,12H,4H2,1-3H3,(H,21,22,25). The molecule has 1 atom stereocenters. The van der Waals surface area contributed by atoms with Crippen molar-refractivity contribution in [1.29, 1.82) is 0 Å². The van der Waals surface area contributed by atoms with Crippen molar-refractivity contribution in [2.75, 3.05) is 0 Å². The number of benzene rings is 1. The fraction of sp³-hybridized carbons (Fsp3) is 0.263. The second kappa shape index (κ2) is 6.49. The highest BCUT2D eigenvalue weighted by molar-refractivity contribution is 6.30. The maximum atomic E-state index is 13.0. The summed E-state index contributed by atoms with van der Waals surface area (Å²) in [6.07, 6.45) is 0.500.